The Kier molecular flexibility index (Phi) is 4.60. The summed E-state index contributed by atoms with van der Waals surface area (Å²) in [5, 5.41) is 9.20. The molecule has 0 radical (unpaired) electrons. The van der Waals surface area contributed by atoms with E-state index in [1.807, 2.05) is 0 Å². The van der Waals surface area contributed by atoms with Gasteiger partial charge in [0.1, 0.15) is 5.75 Å². The Morgan fingerprint density at radius 2 is 2.14 bits per heavy atom. The Morgan fingerprint density at radius 1 is 1.48 bits per heavy atom. The minimum absolute atomic E-state index is 0.0648. The molecule has 0 saturated heterocycles. The molecule has 1 fully saturated rings. The summed E-state index contributed by atoms with van der Waals surface area (Å²) in [5.74, 6) is -0.428. The van der Waals surface area contributed by atoms with Gasteiger partial charge in [-0.1, -0.05) is 6.42 Å². The van der Waals surface area contributed by atoms with Gasteiger partial charge in [-0.3, -0.25) is 4.79 Å². The minimum Gasteiger partial charge on any atom is -0.496 e. The lowest BCUT2D eigenvalue weighted by Crippen LogP contribution is -2.47. The van der Waals surface area contributed by atoms with E-state index >= 15 is 0 Å². The van der Waals surface area contributed by atoms with Gasteiger partial charge in [-0.15, -0.1) is 0 Å². The lowest BCUT2D eigenvalue weighted by Gasteiger charge is -2.37. The predicted molar refractivity (Wildman–Crippen MR) is 79.8 cm³/mol. The Balaban J connectivity index is 2.15. The Bertz CT molecular complexity index is 655. The topological polar surface area (TPSA) is 92.7 Å². The first-order valence-electron chi connectivity index (χ1n) is 6.37. The molecule has 2 N–H and O–H groups in total. The number of sulfonamides is 1. The van der Waals surface area contributed by atoms with Crippen LogP contribution in [0, 0.1) is 5.41 Å². The van der Waals surface area contributed by atoms with Gasteiger partial charge in [0, 0.05) is 6.54 Å². The Hall–Kier alpha value is -1.12. The minimum atomic E-state index is -3.75. The second kappa shape index (κ2) is 5.94. The van der Waals surface area contributed by atoms with E-state index in [0.717, 1.165) is 6.42 Å². The highest BCUT2D eigenvalue weighted by atomic mass is 79.9. The van der Waals surface area contributed by atoms with Crippen molar-refractivity contribution in [1.82, 2.24) is 4.72 Å². The molecule has 0 unspecified atom stereocenters. The van der Waals surface area contributed by atoms with Crippen LogP contribution in [-0.2, 0) is 14.8 Å². The number of hydrogen-bond donors (Lipinski definition) is 2. The Labute approximate surface area is 131 Å². The van der Waals surface area contributed by atoms with Gasteiger partial charge in [-0.05, 0) is 47.0 Å². The SMILES string of the molecule is COc1ccc(S(=O)(=O)NCC2(C(=O)O)CCC2)cc1Br. The highest BCUT2D eigenvalue weighted by Gasteiger charge is 2.45. The normalized spacial score (nSPS) is 17.0. The van der Waals surface area contributed by atoms with Crippen molar-refractivity contribution in [2.45, 2.75) is 24.2 Å². The maximum atomic E-state index is 12.2. The molecule has 1 saturated carbocycles. The molecular weight excluding hydrogens is 362 g/mol. The molecule has 0 aromatic heterocycles. The van der Waals surface area contributed by atoms with Gasteiger partial charge in [0.15, 0.2) is 0 Å². The Morgan fingerprint density at radius 3 is 2.57 bits per heavy atom. The third-order valence-electron chi connectivity index (χ3n) is 3.80. The molecule has 21 heavy (non-hydrogen) atoms. The number of methoxy groups -OCH3 is 1. The van der Waals surface area contributed by atoms with Crippen LogP contribution in [0.2, 0.25) is 0 Å². The van der Waals surface area contributed by atoms with Gasteiger partial charge in [0.25, 0.3) is 0 Å². The second-order valence-electron chi connectivity index (χ2n) is 5.06. The van der Waals surface area contributed by atoms with Crippen LogP contribution in [0.25, 0.3) is 0 Å². The molecule has 1 aromatic rings. The zero-order valence-corrected chi connectivity index (χ0v) is 13.8. The second-order valence-corrected chi connectivity index (χ2v) is 7.68. The first-order valence-corrected chi connectivity index (χ1v) is 8.65. The van der Waals surface area contributed by atoms with Gasteiger partial charge < -0.3 is 9.84 Å². The van der Waals surface area contributed by atoms with Crippen LogP contribution >= 0.6 is 15.9 Å². The number of halogens is 1. The first kappa shape index (κ1) is 16.3. The smallest absolute Gasteiger partial charge is 0.310 e. The number of aliphatic carboxylic acids is 1. The van der Waals surface area contributed by atoms with Crippen LogP contribution in [0.1, 0.15) is 19.3 Å². The van der Waals surface area contributed by atoms with E-state index < -0.39 is 21.4 Å². The first-order chi connectivity index (χ1) is 9.81. The lowest BCUT2D eigenvalue weighted by atomic mass is 9.69. The molecule has 2 rings (SSSR count). The summed E-state index contributed by atoms with van der Waals surface area (Å²) in [6.07, 6.45) is 1.80. The number of hydrogen-bond acceptors (Lipinski definition) is 4. The van der Waals surface area contributed by atoms with Gasteiger partial charge in [0.05, 0.1) is 21.9 Å². The fourth-order valence-electron chi connectivity index (χ4n) is 2.20. The molecule has 0 spiro atoms. The summed E-state index contributed by atoms with van der Waals surface area (Å²) < 4.78 is 32.4. The molecule has 1 aliphatic carbocycles. The third-order valence-corrected chi connectivity index (χ3v) is 5.82. The van der Waals surface area contributed by atoms with Crippen LogP contribution < -0.4 is 9.46 Å². The average Bonchev–Trinajstić information content (AvgIpc) is 2.36. The van der Waals surface area contributed by atoms with Crippen molar-refractivity contribution in [2.24, 2.45) is 5.41 Å². The van der Waals surface area contributed by atoms with Crippen molar-refractivity contribution >= 4 is 31.9 Å². The van der Waals surface area contributed by atoms with Crippen LogP contribution in [0.15, 0.2) is 27.6 Å². The van der Waals surface area contributed by atoms with Crippen LogP contribution in [0.3, 0.4) is 0 Å². The highest BCUT2D eigenvalue weighted by molar-refractivity contribution is 9.10. The summed E-state index contributed by atoms with van der Waals surface area (Å²) in [4.78, 5) is 11.3. The fourth-order valence-corrected chi connectivity index (χ4v) is 4.05. The number of carbonyl (C=O) groups is 1. The number of carboxylic acid groups (broad SMARTS) is 1. The molecule has 0 aliphatic heterocycles. The predicted octanol–water partition coefficient (Wildman–Crippen LogP) is 1.99. The summed E-state index contributed by atoms with van der Waals surface area (Å²) in [7, 11) is -2.26. The molecule has 6 nitrogen and oxygen atoms in total. The largest absolute Gasteiger partial charge is 0.496 e. The number of carboxylic acids is 1. The molecule has 1 aromatic carbocycles. The van der Waals surface area contributed by atoms with Crippen LogP contribution in [0.5, 0.6) is 5.75 Å². The van der Waals surface area contributed by atoms with Crippen molar-refractivity contribution < 1.29 is 23.1 Å². The number of rotatable bonds is 6. The van der Waals surface area contributed by atoms with Crippen molar-refractivity contribution in [3.63, 3.8) is 0 Å². The number of ether oxygens (including phenoxy) is 1. The molecule has 1 aliphatic rings. The van der Waals surface area contributed by atoms with E-state index in [4.69, 9.17) is 4.74 Å². The van der Waals surface area contributed by atoms with E-state index in [1.165, 1.54) is 25.3 Å². The van der Waals surface area contributed by atoms with E-state index in [0.29, 0.717) is 23.1 Å². The van der Waals surface area contributed by atoms with Gasteiger partial charge >= 0.3 is 5.97 Å². The maximum Gasteiger partial charge on any atom is 0.310 e. The molecular formula is C13H16BrNO5S. The van der Waals surface area contributed by atoms with Crippen molar-refractivity contribution in [1.29, 1.82) is 0 Å². The molecule has 116 valence electrons. The van der Waals surface area contributed by atoms with Gasteiger partial charge in [-0.25, -0.2) is 13.1 Å². The molecule has 0 amide bonds. The monoisotopic (exact) mass is 377 g/mol. The highest BCUT2D eigenvalue weighted by Crippen LogP contribution is 2.40. The van der Waals surface area contributed by atoms with Crippen LogP contribution in [-0.4, -0.2) is 33.1 Å². The summed E-state index contributed by atoms with van der Waals surface area (Å²) in [6, 6.07) is 4.38. The molecule has 0 atom stereocenters. The average molecular weight is 378 g/mol. The lowest BCUT2D eigenvalue weighted by molar-refractivity contribution is -0.153. The zero-order chi connectivity index (χ0) is 15.7. The summed E-state index contributed by atoms with van der Waals surface area (Å²) in [6.45, 7) is -0.0890. The molecule has 0 bridgehead atoms. The maximum absolute atomic E-state index is 12.2. The number of nitrogens with one attached hydrogen (secondary N) is 1. The third kappa shape index (κ3) is 3.22. The number of benzene rings is 1. The van der Waals surface area contributed by atoms with E-state index in [-0.39, 0.29) is 11.4 Å². The van der Waals surface area contributed by atoms with Crippen LogP contribution in [0.4, 0.5) is 0 Å². The van der Waals surface area contributed by atoms with E-state index in [1.54, 1.807) is 0 Å². The molecule has 8 heteroatoms. The summed E-state index contributed by atoms with van der Waals surface area (Å²) in [5.41, 5.74) is -0.962. The fraction of sp³-hybridized carbons (Fsp3) is 0.462. The van der Waals surface area contributed by atoms with Crippen molar-refractivity contribution in [3.05, 3.63) is 22.7 Å². The van der Waals surface area contributed by atoms with E-state index in [2.05, 4.69) is 20.7 Å². The summed E-state index contributed by atoms with van der Waals surface area (Å²) >= 11 is 3.23. The van der Waals surface area contributed by atoms with E-state index in [9.17, 15) is 18.3 Å². The van der Waals surface area contributed by atoms with Gasteiger partial charge in [0.2, 0.25) is 10.0 Å². The van der Waals surface area contributed by atoms with Gasteiger partial charge in [-0.2, -0.15) is 0 Å². The van der Waals surface area contributed by atoms with Crippen molar-refractivity contribution in [2.75, 3.05) is 13.7 Å². The molecule has 0 heterocycles. The zero-order valence-electron chi connectivity index (χ0n) is 11.4. The standard InChI is InChI=1S/C13H16BrNO5S/c1-20-11-4-3-9(7-10(11)14)21(18,19)15-8-13(12(16)17)5-2-6-13/h3-4,7,15H,2,5-6,8H2,1H3,(H,16,17). The quantitative estimate of drug-likeness (QED) is 0.790. The van der Waals surface area contributed by atoms with Crippen molar-refractivity contribution in [3.8, 4) is 5.75 Å².